The van der Waals surface area contributed by atoms with Gasteiger partial charge in [-0.1, -0.05) is 22.9 Å². The molecule has 0 amide bonds. The van der Waals surface area contributed by atoms with Gasteiger partial charge in [-0.3, -0.25) is 0 Å². The summed E-state index contributed by atoms with van der Waals surface area (Å²) >= 11 is 3.44. The van der Waals surface area contributed by atoms with E-state index >= 15 is 0 Å². The van der Waals surface area contributed by atoms with Crippen LogP contribution in [0.4, 0.5) is 0 Å². The molecule has 0 spiro atoms. The van der Waals surface area contributed by atoms with Gasteiger partial charge >= 0.3 is 5.97 Å². The van der Waals surface area contributed by atoms with E-state index in [1.807, 2.05) is 0 Å². The number of esters is 1. The Morgan fingerprint density at radius 1 is 1.26 bits per heavy atom. The molecule has 0 heterocycles. The number of benzene rings is 1. The monoisotopic (exact) mass is 328 g/mol. The second kappa shape index (κ2) is 8.97. The highest BCUT2D eigenvalue weighted by atomic mass is 79.9. The van der Waals surface area contributed by atoms with Crippen LogP contribution in [0.3, 0.4) is 0 Å². The molecule has 0 fully saturated rings. The fourth-order valence-corrected chi connectivity index (χ4v) is 2.39. The Hall–Kier alpha value is -1.03. The Labute approximate surface area is 123 Å². The van der Waals surface area contributed by atoms with Gasteiger partial charge in [0.25, 0.3) is 0 Å². The van der Waals surface area contributed by atoms with Crippen LogP contribution in [0, 0.1) is 5.92 Å². The smallest absolute Gasteiger partial charge is 0.338 e. The number of hydrogen-bond acceptors (Lipinski definition) is 3. The lowest BCUT2D eigenvalue weighted by atomic mass is 10.1. The molecule has 3 nitrogen and oxygen atoms in total. The highest BCUT2D eigenvalue weighted by Crippen LogP contribution is 2.15. The van der Waals surface area contributed by atoms with Crippen molar-refractivity contribution in [3.8, 4) is 5.75 Å². The average molecular weight is 329 g/mol. The van der Waals surface area contributed by atoms with Crippen LogP contribution >= 0.6 is 15.9 Å². The molecule has 1 rings (SSSR count). The van der Waals surface area contributed by atoms with Crippen molar-refractivity contribution in [2.24, 2.45) is 5.92 Å². The number of ether oxygens (including phenoxy) is 2. The first-order chi connectivity index (χ1) is 9.17. The molecule has 0 N–H and O–H groups in total. The van der Waals surface area contributed by atoms with Crippen molar-refractivity contribution in [1.29, 1.82) is 0 Å². The van der Waals surface area contributed by atoms with Crippen LogP contribution in [0.25, 0.3) is 0 Å². The van der Waals surface area contributed by atoms with E-state index in [2.05, 4.69) is 22.9 Å². The van der Waals surface area contributed by atoms with E-state index < -0.39 is 0 Å². The van der Waals surface area contributed by atoms with E-state index in [0.717, 1.165) is 23.9 Å². The van der Waals surface area contributed by atoms with Crippen molar-refractivity contribution in [1.82, 2.24) is 0 Å². The first-order valence-electron chi connectivity index (χ1n) is 6.63. The van der Waals surface area contributed by atoms with E-state index in [0.29, 0.717) is 24.7 Å². The molecule has 1 aromatic carbocycles. The Morgan fingerprint density at radius 3 is 2.53 bits per heavy atom. The Bertz CT molecular complexity index is 375. The lowest BCUT2D eigenvalue weighted by Crippen LogP contribution is -2.06. The summed E-state index contributed by atoms with van der Waals surface area (Å²) < 4.78 is 10.6. The quantitative estimate of drug-likeness (QED) is 0.533. The van der Waals surface area contributed by atoms with Gasteiger partial charge in [0.2, 0.25) is 0 Å². The van der Waals surface area contributed by atoms with Crippen LogP contribution in [-0.2, 0) is 4.74 Å². The summed E-state index contributed by atoms with van der Waals surface area (Å²) in [6, 6.07) is 7.08. The van der Waals surface area contributed by atoms with Crippen molar-refractivity contribution >= 4 is 21.9 Å². The number of halogens is 1. The molecule has 0 aliphatic rings. The highest BCUT2D eigenvalue weighted by Gasteiger charge is 2.06. The van der Waals surface area contributed by atoms with E-state index in [1.165, 1.54) is 0 Å². The lowest BCUT2D eigenvalue weighted by molar-refractivity contribution is 0.0526. The van der Waals surface area contributed by atoms with Gasteiger partial charge in [0.1, 0.15) is 5.75 Å². The van der Waals surface area contributed by atoms with Crippen LogP contribution < -0.4 is 4.74 Å². The number of rotatable bonds is 8. The van der Waals surface area contributed by atoms with Gasteiger partial charge in [-0.15, -0.1) is 0 Å². The fourth-order valence-electron chi connectivity index (χ4n) is 1.61. The van der Waals surface area contributed by atoms with E-state index in [9.17, 15) is 4.79 Å². The SMILES string of the molecule is CCOC(=O)c1ccc(OCCC(C)CCBr)cc1. The summed E-state index contributed by atoms with van der Waals surface area (Å²) in [5.74, 6) is 1.15. The Kier molecular flexibility index (Phi) is 7.56. The molecular weight excluding hydrogens is 308 g/mol. The van der Waals surface area contributed by atoms with Crippen molar-refractivity contribution in [3.63, 3.8) is 0 Å². The zero-order valence-corrected chi connectivity index (χ0v) is 13.1. The summed E-state index contributed by atoms with van der Waals surface area (Å²) in [5, 5.41) is 1.03. The Balaban J connectivity index is 2.38. The van der Waals surface area contributed by atoms with Gasteiger partial charge in [0.05, 0.1) is 18.8 Å². The van der Waals surface area contributed by atoms with E-state index in [-0.39, 0.29) is 5.97 Å². The molecule has 0 saturated carbocycles. The summed E-state index contributed by atoms with van der Waals surface area (Å²) in [6.07, 6.45) is 2.19. The first kappa shape index (κ1) is 16.0. The summed E-state index contributed by atoms with van der Waals surface area (Å²) in [6.45, 7) is 5.10. The zero-order valence-electron chi connectivity index (χ0n) is 11.5. The minimum absolute atomic E-state index is 0.292. The predicted octanol–water partition coefficient (Wildman–Crippen LogP) is 4.05. The molecule has 0 aromatic heterocycles. The van der Waals surface area contributed by atoms with Gasteiger partial charge in [-0.25, -0.2) is 4.79 Å². The Morgan fingerprint density at radius 2 is 1.95 bits per heavy atom. The fraction of sp³-hybridized carbons (Fsp3) is 0.533. The van der Waals surface area contributed by atoms with E-state index in [4.69, 9.17) is 9.47 Å². The van der Waals surface area contributed by atoms with Crippen LogP contribution in [-0.4, -0.2) is 24.5 Å². The molecule has 4 heteroatoms. The maximum atomic E-state index is 11.5. The number of alkyl halides is 1. The molecule has 1 aromatic rings. The molecule has 106 valence electrons. The maximum absolute atomic E-state index is 11.5. The molecule has 0 aliphatic heterocycles. The predicted molar refractivity (Wildman–Crippen MR) is 80.1 cm³/mol. The van der Waals surface area contributed by atoms with Crippen LogP contribution in [0.15, 0.2) is 24.3 Å². The number of carbonyl (C=O) groups excluding carboxylic acids is 1. The highest BCUT2D eigenvalue weighted by molar-refractivity contribution is 9.09. The first-order valence-corrected chi connectivity index (χ1v) is 7.75. The normalized spacial score (nSPS) is 11.9. The van der Waals surface area contributed by atoms with Gasteiger partial charge in [-0.2, -0.15) is 0 Å². The summed E-state index contributed by atoms with van der Waals surface area (Å²) in [4.78, 5) is 11.5. The second-order valence-electron chi connectivity index (χ2n) is 4.46. The summed E-state index contributed by atoms with van der Waals surface area (Å²) in [7, 11) is 0. The van der Waals surface area contributed by atoms with Crippen molar-refractivity contribution < 1.29 is 14.3 Å². The van der Waals surface area contributed by atoms with Gasteiger partial charge in [0, 0.05) is 5.33 Å². The van der Waals surface area contributed by atoms with Crippen LogP contribution in [0.5, 0.6) is 5.75 Å². The molecular formula is C15H21BrO3. The molecule has 0 radical (unpaired) electrons. The van der Waals surface area contributed by atoms with Crippen LogP contribution in [0.2, 0.25) is 0 Å². The lowest BCUT2D eigenvalue weighted by Gasteiger charge is -2.11. The average Bonchev–Trinajstić information content (AvgIpc) is 2.40. The van der Waals surface area contributed by atoms with Crippen LogP contribution in [0.1, 0.15) is 37.0 Å². The minimum Gasteiger partial charge on any atom is -0.494 e. The summed E-state index contributed by atoms with van der Waals surface area (Å²) in [5.41, 5.74) is 0.557. The minimum atomic E-state index is -0.292. The molecule has 0 aliphatic carbocycles. The van der Waals surface area contributed by atoms with Crippen molar-refractivity contribution in [2.75, 3.05) is 18.5 Å². The molecule has 0 bridgehead atoms. The third-order valence-electron chi connectivity index (χ3n) is 2.85. The van der Waals surface area contributed by atoms with Crippen molar-refractivity contribution in [3.05, 3.63) is 29.8 Å². The number of carbonyl (C=O) groups is 1. The third-order valence-corrected chi connectivity index (χ3v) is 3.30. The third kappa shape index (κ3) is 6.10. The van der Waals surface area contributed by atoms with Gasteiger partial charge < -0.3 is 9.47 Å². The van der Waals surface area contributed by atoms with Gasteiger partial charge in [-0.05, 0) is 49.9 Å². The van der Waals surface area contributed by atoms with Crippen molar-refractivity contribution in [2.45, 2.75) is 26.7 Å². The molecule has 1 unspecified atom stereocenters. The molecule has 0 saturated heterocycles. The maximum Gasteiger partial charge on any atom is 0.338 e. The zero-order chi connectivity index (χ0) is 14.1. The van der Waals surface area contributed by atoms with E-state index in [1.54, 1.807) is 31.2 Å². The van der Waals surface area contributed by atoms with Gasteiger partial charge in [0.15, 0.2) is 0 Å². The molecule has 19 heavy (non-hydrogen) atoms. The topological polar surface area (TPSA) is 35.5 Å². The number of hydrogen-bond donors (Lipinski definition) is 0. The largest absolute Gasteiger partial charge is 0.494 e. The second-order valence-corrected chi connectivity index (χ2v) is 5.26. The standard InChI is InChI=1S/C15H21BrO3/c1-3-18-15(17)13-4-6-14(7-5-13)19-11-9-12(2)8-10-16/h4-7,12H,3,8-11H2,1-2H3. The molecule has 1 atom stereocenters.